The Morgan fingerprint density at radius 2 is 1.83 bits per heavy atom. The zero-order chi connectivity index (χ0) is 12.6. The van der Waals surface area contributed by atoms with Crippen LogP contribution in [0.25, 0.3) is 0 Å². The van der Waals surface area contributed by atoms with Crippen LogP contribution in [0.4, 0.5) is 0 Å². The summed E-state index contributed by atoms with van der Waals surface area (Å²) in [5, 5.41) is 3.49. The molecular weight excluding hydrogens is 224 g/mol. The van der Waals surface area contributed by atoms with E-state index in [9.17, 15) is 4.79 Å². The maximum Gasteiger partial charge on any atom is 0.241 e. The van der Waals surface area contributed by atoms with E-state index in [1.165, 1.54) is 19.3 Å². The summed E-state index contributed by atoms with van der Waals surface area (Å²) >= 11 is 0. The van der Waals surface area contributed by atoms with Crippen LogP contribution in [0.5, 0.6) is 0 Å². The fraction of sp³-hybridized carbons (Fsp3) is 0.933. The first-order chi connectivity index (χ1) is 8.59. The summed E-state index contributed by atoms with van der Waals surface area (Å²) in [5.74, 6) is 4.48. The second-order valence-electron chi connectivity index (χ2n) is 7.30. The normalized spacial score (nSPS) is 53.4. The summed E-state index contributed by atoms with van der Waals surface area (Å²) in [6.45, 7) is 6.47. The van der Waals surface area contributed by atoms with Crippen molar-refractivity contribution in [2.75, 3.05) is 0 Å². The lowest BCUT2D eigenvalue weighted by atomic mass is 10.0. The molecule has 4 aliphatic rings. The molecular formula is C15H24N2O. The Balaban J connectivity index is 1.59. The number of nitrogens with one attached hydrogen (secondary N) is 1. The molecule has 1 amide bonds. The summed E-state index contributed by atoms with van der Waals surface area (Å²) < 4.78 is 0. The third-order valence-corrected chi connectivity index (χ3v) is 5.99. The predicted octanol–water partition coefficient (Wildman–Crippen LogP) is 1.83. The molecule has 0 aromatic rings. The first kappa shape index (κ1) is 11.3. The van der Waals surface area contributed by atoms with Crippen LogP contribution < -0.4 is 5.32 Å². The summed E-state index contributed by atoms with van der Waals surface area (Å²) in [7, 11) is 0. The SMILES string of the molecule is CC1NC(C(C)C)N(C2C3C4CCC(C4)C32)C1=O. The van der Waals surface area contributed by atoms with Crippen LogP contribution in [-0.4, -0.2) is 29.1 Å². The van der Waals surface area contributed by atoms with Crippen molar-refractivity contribution in [3.05, 3.63) is 0 Å². The van der Waals surface area contributed by atoms with Crippen molar-refractivity contribution in [1.82, 2.24) is 10.2 Å². The van der Waals surface area contributed by atoms with Crippen molar-refractivity contribution in [3.8, 4) is 0 Å². The van der Waals surface area contributed by atoms with Crippen LogP contribution in [0.3, 0.4) is 0 Å². The highest BCUT2D eigenvalue weighted by Crippen LogP contribution is 2.67. The van der Waals surface area contributed by atoms with Crippen molar-refractivity contribution >= 4 is 5.91 Å². The number of amides is 1. The molecule has 2 bridgehead atoms. The minimum absolute atomic E-state index is 0.0244. The highest BCUT2D eigenvalue weighted by molar-refractivity contribution is 5.84. The molecule has 1 saturated heterocycles. The molecule has 3 aliphatic carbocycles. The zero-order valence-electron chi connectivity index (χ0n) is 11.6. The number of rotatable bonds is 2. The summed E-state index contributed by atoms with van der Waals surface area (Å²) in [6, 6.07) is 0.616. The van der Waals surface area contributed by atoms with Gasteiger partial charge in [-0.2, -0.15) is 0 Å². The van der Waals surface area contributed by atoms with Crippen LogP contribution in [0.1, 0.15) is 40.0 Å². The van der Waals surface area contributed by atoms with E-state index >= 15 is 0 Å². The Hall–Kier alpha value is -0.570. The molecule has 1 aliphatic heterocycles. The molecule has 6 atom stereocenters. The molecule has 1 heterocycles. The van der Waals surface area contributed by atoms with Gasteiger partial charge in [0.1, 0.15) is 0 Å². The smallest absolute Gasteiger partial charge is 0.241 e. The van der Waals surface area contributed by atoms with E-state index in [0.717, 1.165) is 23.7 Å². The molecule has 4 rings (SSSR count). The van der Waals surface area contributed by atoms with Gasteiger partial charge in [-0.05, 0) is 55.8 Å². The van der Waals surface area contributed by atoms with E-state index in [1.807, 2.05) is 6.92 Å². The van der Waals surface area contributed by atoms with Gasteiger partial charge in [-0.25, -0.2) is 0 Å². The number of hydrogen-bond donors (Lipinski definition) is 1. The van der Waals surface area contributed by atoms with Crippen molar-refractivity contribution in [3.63, 3.8) is 0 Å². The van der Waals surface area contributed by atoms with Crippen LogP contribution in [0.15, 0.2) is 0 Å². The Labute approximate surface area is 109 Å². The van der Waals surface area contributed by atoms with Crippen molar-refractivity contribution in [2.24, 2.45) is 29.6 Å². The third-order valence-electron chi connectivity index (χ3n) is 5.99. The van der Waals surface area contributed by atoms with Gasteiger partial charge in [0.25, 0.3) is 0 Å². The molecule has 0 aromatic carbocycles. The molecule has 18 heavy (non-hydrogen) atoms. The lowest BCUT2D eigenvalue weighted by Gasteiger charge is -2.29. The lowest BCUT2D eigenvalue weighted by molar-refractivity contribution is -0.131. The topological polar surface area (TPSA) is 32.3 Å². The number of hydrogen-bond acceptors (Lipinski definition) is 2. The summed E-state index contributed by atoms with van der Waals surface area (Å²) in [6.07, 6.45) is 4.60. The third kappa shape index (κ3) is 1.26. The van der Waals surface area contributed by atoms with E-state index in [2.05, 4.69) is 24.1 Å². The molecule has 0 aromatic heterocycles. The Kier molecular flexibility index (Phi) is 2.19. The fourth-order valence-electron chi connectivity index (χ4n) is 5.26. The monoisotopic (exact) mass is 248 g/mol. The molecule has 3 heteroatoms. The van der Waals surface area contributed by atoms with Crippen molar-refractivity contribution in [2.45, 2.75) is 58.3 Å². The summed E-state index contributed by atoms with van der Waals surface area (Å²) in [4.78, 5) is 14.7. The number of nitrogens with zero attached hydrogens (tertiary/aromatic N) is 1. The van der Waals surface area contributed by atoms with Gasteiger partial charge in [-0.3, -0.25) is 10.1 Å². The highest BCUT2D eigenvalue weighted by Gasteiger charge is 2.69. The number of carbonyl (C=O) groups is 1. The molecule has 3 saturated carbocycles. The Bertz CT molecular complexity index is 378. The second-order valence-corrected chi connectivity index (χ2v) is 7.30. The largest absolute Gasteiger partial charge is 0.322 e. The molecule has 0 spiro atoms. The van der Waals surface area contributed by atoms with E-state index in [-0.39, 0.29) is 12.2 Å². The predicted molar refractivity (Wildman–Crippen MR) is 69.7 cm³/mol. The highest BCUT2D eigenvalue weighted by atomic mass is 16.2. The average molecular weight is 248 g/mol. The van der Waals surface area contributed by atoms with E-state index in [1.54, 1.807) is 0 Å². The molecule has 3 nitrogen and oxygen atoms in total. The molecule has 0 radical (unpaired) electrons. The van der Waals surface area contributed by atoms with Crippen molar-refractivity contribution in [1.29, 1.82) is 0 Å². The van der Waals surface area contributed by atoms with Gasteiger partial charge in [-0.1, -0.05) is 13.8 Å². The molecule has 100 valence electrons. The fourth-order valence-corrected chi connectivity index (χ4v) is 5.26. The number of carbonyl (C=O) groups excluding carboxylic acids is 1. The van der Waals surface area contributed by atoms with Crippen molar-refractivity contribution < 1.29 is 4.79 Å². The molecule has 1 N–H and O–H groups in total. The van der Waals surface area contributed by atoms with E-state index in [0.29, 0.717) is 17.9 Å². The number of fused-ring (bicyclic) bond motifs is 5. The Morgan fingerprint density at radius 3 is 2.39 bits per heavy atom. The van der Waals surface area contributed by atoms with Crippen LogP contribution >= 0.6 is 0 Å². The molecule has 4 fully saturated rings. The quantitative estimate of drug-likeness (QED) is 0.808. The minimum atomic E-state index is 0.0244. The first-order valence-corrected chi connectivity index (χ1v) is 7.68. The van der Waals surface area contributed by atoms with Crippen LogP contribution in [0.2, 0.25) is 0 Å². The van der Waals surface area contributed by atoms with Gasteiger partial charge in [0.2, 0.25) is 5.91 Å². The van der Waals surface area contributed by atoms with Gasteiger partial charge in [0.05, 0.1) is 12.2 Å². The second kappa shape index (κ2) is 3.50. The summed E-state index contributed by atoms with van der Waals surface area (Å²) in [5.41, 5.74) is 0. The van der Waals surface area contributed by atoms with Gasteiger partial charge in [0.15, 0.2) is 0 Å². The van der Waals surface area contributed by atoms with Gasteiger partial charge in [0, 0.05) is 6.04 Å². The first-order valence-electron chi connectivity index (χ1n) is 7.68. The van der Waals surface area contributed by atoms with E-state index < -0.39 is 0 Å². The van der Waals surface area contributed by atoms with E-state index in [4.69, 9.17) is 0 Å². The molecule has 6 unspecified atom stereocenters. The minimum Gasteiger partial charge on any atom is -0.322 e. The van der Waals surface area contributed by atoms with Gasteiger partial charge in [-0.15, -0.1) is 0 Å². The maximum atomic E-state index is 12.4. The maximum absolute atomic E-state index is 12.4. The van der Waals surface area contributed by atoms with Gasteiger partial charge < -0.3 is 4.90 Å². The average Bonchev–Trinajstić information content (AvgIpc) is 2.68. The standard InChI is InChI=1S/C15H24N2O/c1-7(2)14-16-8(3)15(18)17(14)13-11-9-4-5-10(6-9)12(11)13/h7-14,16H,4-6H2,1-3H3. The van der Waals surface area contributed by atoms with Gasteiger partial charge >= 0.3 is 0 Å². The zero-order valence-corrected chi connectivity index (χ0v) is 11.6. The lowest BCUT2D eigenvalue weighted by Crippen LogP contribution is -2.44. The Morgan fingerprint density at radius 1 is 1.22 bits per heavy atom. The van der Waals surface area contributed by atoms with Crippen LogP contribution in [-0.2, 0) is 4.79 Å². The van der Waals surface area contributed by atoms with Crippen LogP contribution in [0, 0.1) is 29.6 Å².